The molecule has 2 aromatic heterocycles. The van der Waals surface area contributed by atoms with Gasteiger partial charge in [-0.2, -0.15) is 0 Å². The first-order chi connectivity index (χ1) is 15.6. The molecule has 1 saturated heterocycles. The number of hydrogen-bond acceptors (Lipinski definition) is 6. The largest absolute Gasteiger partial charge is 0.497 e. The van der Waals surface area contributed by atoms with Gasteiger partial charge in [0.15, 0.2) is 5.82 Å². The smallest absolute Gasteiger partial charge is 0.253 e. The maximum atomic E-state index is 13.3. The van der Waals surface area contributed by atoms with E-state index in [1.54, 1.807) is 7.11 Å². The molecule has 2 atom stereocenters. The Morgan fingerprint density at radius 2 is 1.97 bits per heavy atom. The van der Waals surface area contributed by atoms with Crippen LogP contribution in [0.2, 0.25) is 0 Å². The number of pyridine rings is 1. The Kier molecular flexibility index (Phi) is 5.95. The molecule has 8 nitrogen and oxygen atoms in total. The number of aromatic amines is 1. The summed E-state index contributed by atoms with van der Waals surface area (Å²) in [5.74, 6) is 2.13. The minimum Gasteiger partial charge on any atom is -0.497 e. The van der Waals surface area contributed by atoms with Crippen molar-refractivity contribution in [3.63, 3.8) is 0 Å². The van der Waals surface area contributed by atoms with Gasteiger partial charge in [-0.3, -0.25) is 9.69 Å². The lowest BCUT2D eigenvalue weighted by atomic mass is 9.93. The van der Waals surface area contributed by atoms with Gasteiger partial charge in [-0.15, -0.1) is 5.10 Å². The van der Waals surface area contributed by atoms with E-state index in [0.717, 1.165) is 54.8 Å². The predicted molar refractivity (Wildman–Crippen MR) is 123 cm³/mol. The standard InChI is InChI=1S/C24H32N6O2/c1-16-7-6-12-29(15-16)22(23-26-27-28-30(23)18-8-4-3-5-9-18)20-14-17-13-19(32-2)10-11-21(17)25-24(20)31/h10-11,13-14,16,18,22H,3-9,12,15H2,1-2H3,(H,25,31). The molecule has 8 heteroatoms. The van der Waals surface area contributed by atoms with Crippen molar-refractivity contribution in [3.05, 3.63) is 46.0 Å². The second kappa shape index (κ2) is 9.02. The average molecular weight is 437 g/mol. The van der Waals surface area contributed by atoms with Crippen LogP contribution in [0.25, 0.3) is 10.9 Å². The van der Waals surface area contributed by atoms with Crippen LogP contribution in [0.5, 0.6) is 5.75 Å². The number of ether oxygens (including phenoxy) is 1. The van der Waals surface area contributed by atoms with Gasteiger partial charge in [-0.1, -0.05) is 26.2 Å². The fourth-order valence-electron chi connectivity index (χ4n) is 5.46. The van der Waals surface area contributed by atoms with Crippen LogP contribution >= 0.6 is 0 Å². The summed E-state index contributed by atoms with van der Waals surface area (Å²) >= 11 is 0. The summed E-state index contributed by atoms with van der Waals surface area (Å²) in [7, 11) is 1.66. The van der Waals surface area contributed by atoms with E-state index in [0.29, 0.717) is 17.5 Å². The molecular formula is C24H32N6O2. The summed E-state index contributed by atoms with van der Waals surface area (Å²) in [4.78, 5) is 18.8. The molecule has 170 valence electrons. The Morgan fingerprint density at radius 3 is 2.75 bits per heavy atom. The van der Waals surface area contributed by atoms with Gasteiger partial charge in [-0.25, -0.2) is 4.68 Å². The number of benzene rings is 1. The van der Waals surface area contributed by atoms with Gasteiger partial charge >= 0.3 is 0 Å². The SMILES string of the molecule is COc1ccc2[nH]c(=O)c(C(c3nnnn3C3CCCCC3)N3CCCC(C)C3)cc2c1. The molecule has 3 heterocycles. The van der Waals surface area contributed by atoms with E-state index in [1.807, 2.05) is 28.9 Å². The summed E-state index contributed by atoms with van der Waals surface area (Å²) in [5.41, 5.74) is 1.42. The molecule has 1 N–H and O–H groups in total. The van der Waals surface area contributed by atoms with Gasteiger partial charge in [0.2, 0.25) is 0 Å². The monoisotopic (exact) mass is 436 g/mol. The van der Waals surface area contributed by atoms with Crippen LogP contribution in [0.4, 0.5) is 0 Å². The van der Waals surface area contributed by atoms with Crippen molar-refractivity contribution in [2.75, 3.05) is 20.2 Å². The molecule has 32 heavy (non-hydrogen) atoms. The Morgan fingerprint density at radius 1 is 1.12 bits per heavy atom. The lowest BCUT2D eigenvalue weighted by molar-refractivity contribution is 0.138. The number of nitrogens with one attached hydrogen (secondary N) is 1. The molecule has 3 aromatic rings. The van der Waals surface area contributed by atoms with Crippen molar-refractivity contribution in [2.24, 2.45) is 5.92 Å². The lowest BCUT2D eigenvalue weighted by Crippen LogP contribution is -2.41. The van der Waals surface area contributed by atoms with Gasteiger partial charge in [-0.05, 0) is 72.8 Å². The zero-order valence-electron chi connectivity index (χ0n) is 19.0. The zero-order chi connectivity index (χ0) is 22.1. The number of piperidine rings is 1. The van der Waals surface area contributed by atoms with E-state index in [4.69, 9.17) is 4.74 Å². The molecule has 1 saturated carbocycles. The molecule has 0 amide bonds. The first-order valence-electron chi connectivity index (χ1n) is 11.9. The van der Waals surface area contributed by atoms with Gasteiger partial charge in [0.1, 0.15) is 11.8 Å². The van der Waals surface area contributed by atoms with Crippen LogP contribution in [-0.4, -0.2) is 50.3 Å². The lowest BCUT2D eigenvalue weighted by Gasteiger charge is -2.37. The molecule has 2 fully saturated rings. The van der Waals surface area contributed by atoms with Gasteiger partial charge in [0.05, 0.1) is 13.2 Å². The Hall–Kier alpha value is -2.74. The minimum absolute atomic E-state index is 0.0795. The Bertz CT molecular complexity index is 1130. The first kappa shape index (κ1) is 21.1. The number of nitrogens with zero attached hydrogens (tertiary/aromatic N) is 5. The third-order valence-corrected chi connectivity index (χ3v) is 7.11. The van der Waals surface area contributed by atoms with E-state index in [9.17, 15) is 4.79 Å². The fourth-order valence-corrected chi connectivity index (χ4v) is 5.46. The maximum Gasteiger partial charge on any atom is 0.253 e. The number of H-pyrrole nitrogens is 1. The normalized spacial score (nSPS) is 21.6. The highest BCUT2D eigenvalue weighted by molar-refractivity contribution is 5.80. The number of likely N-dealkylation sites (tertiary alicyclic amines) is 1. The highest BCUT2D eigenvalue weighted by Crippen LogP contribution is 2.35. The number of methoxy groups -OCH3 is 1. The molecule has 1 aromatic carbocycles. The van der Waals surface area contributed by atoms with Gasteiger partial charge in [0, 0.05) is 23.0 Å². The van der Waals surface area contributed by atoms with Crippen molar-refractivity contribution in [1.29, 1.82) is 0 Å². The molecule has 2 aliphatic rings. The zero-order valence-corrected chi connectivity index (χ0v) is 19.0. The highest BCUT2D eigenvalue weighted by Gasteiger charge is 2.34. The molecule has 5 rings (SSSR count). The minimum atomic E-state index is -0.269. The summed E-state index contributed by atoms with van der Waals surface area (Å²) in [6.45, 7) is 4.14. The topological polar surface area (TPSA) is 88.9 Å². The van der Waals surface area contributed by atoms with Crippen molar-refractivity contribution < 1.29 is 4.74 Å². The first-order valence-corrected chi connectivity index (χ1v) is 11.9. The fraction of sp³-hybridized carbons (Fsp3) is 0.583. The van der Waals surface area contributed by atoms with Crippen LogP contribution < -0.4 is 10.3 Å². The van der Waals surface area contributed by atoms with E-state index in [2.05, 4.69) is 32.3 Å². The van der Waals surface area contributed by atoms with Crippen molar-refractivity contribution in [3.8, 4) is 5.75 Å². The van der Waals surface area contributed by atoms with Crippen molar-refractivity contribution in [1.82, 2.24) is 30.1 Å². The molecule has 0 bridgehead atoms. The Balaban J connectivity index is 1.64. The van der Waals surface area contributed by atoms with Crippen LogP contribution in [0.15, 0.2) is 29.1 Å². The Labute approximate surface area is 188 Å². The summed E-state index contributed by atoms with van der Waals surface area (Å²) in [6.07, 6.45) is 8.17. The van der Waals surface area contributed by atoms with Crippen molar-refractivity contribution >= 4 is 10.9 Å². The second-order valence-corrected chi connectivity index (χ2v) is 9.43. The molecule has 0 spiro atoms. The second-order valence-electron chi connectivity index (χ2n) is 9.43. The van der Waals surface area contributed by atoms with E-state index < -0.39 is 0 Å². The maximum absolute atomic E-state index is 13.3. The van der Waals surface area contributed by atoms with Crippen molar-refractivity contribution in [2.45, 2.75) is 64.0 Å². The summed E-state index contributed by atoms with van der Waals surface area (Å²) in [6, 6.07) is 7.76. The molecule has 1 aliphatic heterocycles. The number of aromatic nitrogens is 5. The van der Waals surface area contributed by atoms with Crippen LogP contribution in [0.3, 0.4) is 0 Å². The number of rotatable bonds is 5. The van der Waals surface area contributed by atoms with Gasteiger partial charge < -0.3 is 9.72 Å². The van der Waals surface area contributed by atoms with Crippen LogP contribution in [-0.2, 0) is 0 Å². The van der Waals surface area contributed by atoms with Crippen LogP contribution in [0.1, 0.15) is 75.3 Å². The van der Waals surface area contributed by atoms with E-state index in [1.165, 1.54) is 25.7 Å². The van der Waals surface area contributed by atoms with E-state index >= 15 is 0 Å². The van der Waals surface area contributed by atoms with Crippen LogP contribution in [0, 0.1) is 5.92 Å². The molecule has 0 radical (unpaired) electrons. The molecular weight excluding hydrogens is 404 g/mol. The number of fused-ring (bicyclic) bond motifs is 1. The third-order valence-electron chi connectivity index (χ3n) is 7.11. The highest BCUT2D eigenvalue weighted by atomic mass is 16.5. The molecule has 2 unspecified atom stereocenters. The van der Waals surface area contributed by atoms with E-state index in [-0.39, 0.29) is 11.6 Å². The third kappa shape index (κ3) is 4.03. The predicted octanol–water partition coefficient (Wildman–Crippen LogP) is 3.85. The average Bonchev–Trinajstić information content (AvgIpc) is 3.29. The van der Waals surface area contributed by atoms with Gasteiger partial charge in [0.25, 0.3) is 5.56 Å². The quantitative estimate of drug-likeness (QED) is 0.654. The molecule has 1 aliphatic carbocycles. The number of hydrogen-bond donors (Lipinski definition) is 1. The number of tetrazole rings is 1. The summed E-state index contributed by atoms with van der Waals surface area (Å²) in [5, 5.41) is 14.0. The summed E-state index contributed by atoms with van der Waals surface area (Å²) < 4.78 is 7.43.